The Morgan fingerprint density at radius 2 is 2.22 bits per heavy atom. The number of furan rings is 1. The van der Waals surface area contributed by atoms with Crippen molar-refractivity contribution in [3.63, 3.8) is 0 Å². The summed E-state index contributed by atoms with van der Waals surface area (Å²) < 4.78 is 22.0. The van der Waals surface area contributed by atoms with Gasteiger partial charge < -0.3 is 9.15 Å². The second-order valence-corrected chi connectivity index (χ2v) is 5.98. The van der Waals surface area contributed by atoms with Crippen LogP contribution in [-0.4, -0.2) is 34.8 Å². The first kappa shape index (κ1) is 13.3. The fourth-order valence-electron chi connectivity index (χ4n) is 2.23. The molecular formula is C12H17NO4S. The first-order valence-electron chi connectivity index (χ1n) is 5.77. The molecule has 3 unspecified atom stereocenters. The van der Waals surface area contributed by atoms with E-state index < -0.39 is 16.8 Å². The Morgan fingerprint density at radius 1 is 1.50 bits per heavy atom. The minimum absolute atomic E-state index is 0.124. The zero-order chi connectivity index (χ0) is 13.3. The monoisotopic (exact) mass is 271 g/mol. The van der Waals surface area contributed by atoms with Crippen molar-refractivity contribution in [3.8, 4) is 0 Å². The van der Waals surface area contributed by atoms with Crippen LogP contribution in [0.4, 0.5) is 0 Å². The van der Waals surface area contributed by atoms with Gasteiger partial charge in [0.25, 0.3) is 0 Å². The van der Waals surface area contributed by atoms with Gasteiger partial charge in [0.05, 0.1) is 7.11 Å². The lowest BCUT2D eigenvalue weighted by Crippen LogP contribution is -2.49. The van der Waals surface area contributed by atoms with Crippen molar-refractivity contribution in [2.24, 2.45) is 0 Å². The predicted octanol–water partition coefficient (Wildman–Crippen LogP) is 0.831. The van der Waals surface area contributed by atoms with Crippen molar-refractivity contribution in [1.82, 2.24) is 5.32 Å². The van der Waals surface area contributed by atoms with Crippen LogP contribution >= 0.6 is 0 Å². The Balaban J connectivity index is 2.21. The number of aryl methyl sites for hydroxylation is 2. The highest BCUT2D eigenvalue weighted by Gasteiger charge is 2.33. The van der Waals surface area contributed by atoms with Gasteiger partial charge in [-0.2, -0.15) is 0 Å². The molecule has 0 bridgehead atoms. The Hall–Kier alpha value is -1.14. The van der Waals surface area contributed by atoms with Gasteiger partial charge in [-0.3, -0.25) is 14.3 Å². The maximum Gasteiger partial charge on any atom is 0.323 e. The quantitative estimate of drug-likeness (QED) is 0.807. The van der Waals surface area contributed by atoms with Gasteiger partial charge in [-0.1, -0.05) is 0 Å². The van der Waals surface area contributed by atoms with Gasteiger partial charge in [-0.25, -0.2) is 0 Å². The summed E-state index contributed by atoms with van der Waals surface area (Å²) in [5.41, 5.74) is 0.967. The Kier molecular flexibility index (Phi) is 3.87. The van der Waals surface area contributed by atoms with Crippen LogP contribution in [0, 0.1) is 13.8 Å². The second kappa shape index (κ2) is 5.24. The second-order valence-electron chi connectivity index (χ2n) is 4.44. The topological polar surface area (TPSA) is 68.5 Å². The molecule has 0 amide bonds. The third-order valence-corrected chi connectivity index (χ3v) is 4.46. The van der Waals surface area contributed by atoms with Gasteiger partial charge >= 0.3 is 5.97 Å². The van der Waals surface area contributed by atoms with Crippen molar-refractivity contribution in [1.29, 1.82) is 0 Å². The molecule has 1 saturated heterocycles. The van der Waals surface area contributed by atoms with E-state index in [2.05, 4.69) is 5.32 Å². The molecule has 0 spiro atoms. The molecule has 1 aromatic rings. The summed E-state index contributed by atoms with van der Waals surface area (Å²) in [7, 11) is 0.310. The molecule has 6 heteroatoms. The summed E-state index contributed by atoms with van der Waals surface area (Å²) in [5.74, 6) is 2.04. The number of carbonyl (C=O) groups excluding carboxylic acids is 1. The van der Waals surface area contributed by atoms with Crippen LogP contribution in [0.2, 0.25) is 0 Å². The molecular weight excluding hydrogens is 254 g/mol. The number of ether oxygens (including phenoxy) is 1. The molecule has 100 valence electrons. The molecule has 1 aliphatic heterocycles. The summed E-state index contributed by atoms with van der Waals surface area (Å²) in [4.78, 5) is 11.5. The van der Waals surface area contributed by atoms with Crippen LogP contribution < -0.4 is 5.32 Å². The molecule has 0 radical (unpaired) electrons. The van der Waals surface area contributed by atoms with Gasteiger partial charge in [0, 0.05) is 33.9 Å². The fraction of sp³-hybridized carbons (Fsp3) is 0.583. The highest BCUT2D eigenvalue weighted by Crippen LogP contribution is 2.25. The lowest BCUT2D eigenvalue weighted by Gasteiger charge is -2.28. The average molecular weight is 271 g/mol. The highest BCUT2D eigenvalue weighted by molar-refractivity contribution is 7.85. The van der Waals surface area contributed by atoms with E-state index in [1.807, 2.05) is 19.9 Å². The van der Waals surface area contributed by atoms with Crippen molar-refractivity contribution in [2.75, 3.05) is 18.6 Å². The van der Waals surface area contributed by atoms with Crippen LogP contribution in [0.25, 0.3) is 0 Å². The van der Waals surface area contributed by atoms with Gasteiger partial charge in [0.2, 0.25) is 0 Å². The Labute approximate surface area is 108 Å². The number of rotatable bonds is 2. The number of hydrogen-bond donors (Lipinski definition) is 1. The summed E-state index contributed by atoms with van der Waals surface area (Å²) in [5, 5.41) is 3.18. The maximum absolute atomic E-state index is 11.8. The van der Waals surface area contributed by atoms with E-state index >= 15 is 0 Å². The van der Waals surface area contributed by atoms with E-state index in [0.29, 0.717) is 11.5 Å². The molecule has 1 N–H and O–H groups in total. The number of methoxy groups -OCH3 is 1. The van der Waals surface area contributed by atoms with Crippen LogP contribution in [0.1, 0.15) is 23.1 Å². The summed E-state index contributed by atoms with van der Waals surface area (Å²) in [6, 6.07) is 1.29. The summed E-state index contributed by atoms with van der Waals surface area (Å²) in [6.07, 6.45) is 0. The predicted molar refractivity (Wildman–Crippen MR) is 67.7 cm³/mol. The SMILES string of the molecule is COC(=O)C1CS(=O)CC(c2cc(C)oc2C)N1. The summed E-state index contributed by atoms with van der Waals surface area (Å²) in [6.45, 7) is 3.74. The van der Waals surface area contributed by atoms with Crippen LogP contribution in [0.5, 0.6) is 0 Å². The Bertz CT molecular complexity index is 482. The normalized spacial score (nSPS) is 28.1. The van der Waals surface area contributed by atoms with E-state index in [1.165, 1.54) is 7.11 Å². The minimum Gasteiger partial charge on any atom is -0.468 e. The van der Waals surface area contributed by atoms with E-state index in [-0.39, 0.29) is 12.0 Å². The van der Waals surface area contributed by atoms with E-state index in [0.717, 1.165) is 17.1 Å². The third-order valence-electron chi connectivity index (χ3n) is 3.05. The fourth-order valence-corrected chi connectivity index (χ4v) is 3.62. The zero-order valence-corrected chi connectivity index (χ0v) is 11.5. The van der Waals surface area contributed by atoms with Gasteiger partial charge in [0.1, 0.15) is 17.6 Å². The standard InChI is InChI=1S/C12H17NO4S/c1-7-4-9(8(2)17-7)10-5-18(15)6-11(13-10)12(14)16-3/h4,10-11,13H,5-6H2,1-3H3. The third kappa shape index (κ3) is 2.64. The number of esters is 1. The molecule has 3 atom stereocenters. The molecule has 2 heterocycles. The van der Waals surface area contributed by atoms with Crippen molar-refractivity contribution in [3.05, 3.63) is 23.2 Å². The largest absolute Gasteiger partial charge is 0.468 e. The van der Waals surface area contributed by atoms with Crippen molar-refractivity contribution < 1.29 is 18.2 Å². The first-order valence-corrected chi connectivity index (χ1v) is 7.26. The van der Waals surface area contributed by atoms with Crippen molar-refractivity contribution in [2.45, 2.75) is 25.9 Å². The van der Waals surface area contributed by atoms with Gasteiger partial charge in [-0.15, -0.1) is 0 Å². The summed E-state index contributed by atoms with van der Waals surface area (Å²) >= 11 is 0. The van der Waals surface area contributed by atoms with Crippen LogP contribution in [-0.2, 0) is 20.3 Å². The number of nitrogens with one attached hydrogen (secondary N) is 1. The average Bonchev–Trinajstić information content (AvgIpc) is 2.66. The molecule has 2 rings (SSSR count). The van der Waals surface area contributed by atoms with Gasteiger partial charge in [-0.05, 0) is 19.9 Å². The molecule has 0 aliphatic carbocycles. The number of carbonyl (C=O) groups is 1. The molecule has 5 nitrogen and oxygen atoms in total. The molecule has 1 aliphatic rings. The maximum atomic E-state index is 11.8. The molecule has 1 fully saturated rings. The van der Waals surface area contributed by atoms with Crippen molar-refractivity contribution >= 4 is 16.8 Å². The molecule has 1 aromatic heterocycles. The molecule has 0 aromatic carbocycles. The first-order chi connectivity index (χ1) is 8.51. The van der Waals surface area contributed by atoms with E-state index in [4.69, 9.17) is 9.15 Å². The van der Waals surface area contributed by atoms with Crippen LogP contribution in [0.15, 0.2) is 10.5 Å². The Morgan fingerprint density at radius 3 is 2.78 bits per heavy atom. The van der Waals surface area contributed by atoms with E-state index in [1.54, 1.807) is 0 Å². The number of hydrogen-bond acceptors (Lipinski definition) is 5. The lowest BCUT2D eigenvalue weighted by atomic mass is 10.1. The minimum atomic E-state index is -1.03. The molecule has 0 saturated carbocycles. The molecule has 18 heavy (non-hydrogen) atoms. The lowest BCUT2D eigenvalue weighted by molar-refractivity contribution is -0.142. The highest BCUT2D eigenvalue weighted by atomic mass is 32.2. The smallest absolute Gasteiger partial charge is 0.323 e. The van der Waals surface area contributed by atoms with Crippen LogP contribution in [0.3, 0.4) is 0 Å². The van der Waals surface area contributed by atoms with E-state index in [9.17, 15) is 9.00 Å². The van der Waals surface area contributed by atoms with Gasteiger partial charge in [0.15, 0.2) is 0 Å². The zero-order valence-electron chi connectivity index (χ0n) is 10.7.